The van der Waals surface area contributed by atoms with E-state index < -0.39 is 0 Å². The molecule has 142 valence electrons. The quantitative estimate of drug-likeness (QED) is 0.643. The molecule has 0 aliphatic carbocycles. The number of hydrogen-bond donors (Lipinski definition) is 0. The Morgan fingerprint density at radius 1 is 0.964 bits per heavy atom. The van der Waals surface area contributed by atoms with Gasteiger partial charge in [0.2, 0.25) is 0 Å². The van der Waals surface area contributed by atoms with Crippen LogP contribution in [0.2, 0.25) is 0 Å². The van der Waals surface area contributed by atoms with E-state index in [1.807, 2.05) is 24.3 Å². The molecule has 0 unspecified atom stereocenters. The number of rotatable bonds is 5. The van der Waals surface area contributed by atoms with E-state index in [1.165, 1.54) is 12.1 Å². The van der Waals surface area contributed by atoms with Gasteiger partial charge in [0.25, 0.3) is 0 Å². The third-order valence-electron chi connectivity index (χ3n) is 4.81. The summed E-state index contributed by atoms with van der Waals surface area (Å²) >= 11 is 0. The van der Waals surface area contributed by atoms with Gasteiger partial charge < -0.3 is 9.80 Å². The van der Waals surface area contributed by atoms with Crippen molar-refractivity contribution in [3.63, 3.8) is 0 Å². The Labute approximate surface area is 165 Å². The molecule has 0 N–H and O–H groups in total. The van der Waals surface area contributed by atoms with Crippen molar-refractivity contribution in [3.8, 4) is 0 Å². The lowest BCUT2D eigenvalue weighted by Crippen LogP contribution is -2.24. The maximum atomic E-state index is 13.5. The molecule has 4 nitrogen and oxygen atoms in total. The summed E-state index contributed by atoms with van der Waals surface area (Å²) in [5.41, 5.74) is 4.64. The Balaban J connectivity index is 1.85. The fourth-order valence-corrected chi connectivity index (χ4v) is 3.49. The highest BCUT2D eigenvalue weighted by molar-refractivity contribution is 6.18. The molecule has 1 aliphatic rings. The van der Waals surface area contributed by atoms with Crippen LogP contribution in [0.1, 0.15) is 17.5 Å². The minimum absolute atomic E-state index is 0.251. The van der Waals surface area contributed by atoms with Crippen molar-refractivity contribution in [2.75, 3.05) is 32.1 Å². The highest BCUT2D eigenvalue weighted by atomic mass is 19.1. The standard InChI is InChI=1S/C23H23FN4/c1-27(2)15-6-16-28-21-9-4-3-7-19(21)22(17-10-12-18(24)13-11-17)26-20-8-5-14-25-23(20)28/h3-5,7-14H,6,15-16H2,1-2H3. The van der Waals surface area contributed by atoms with Crippen LogP contribution in [0.15, 0.2) is 71.9 Å². The SMILES string of the molecule is CN(C)CCCN1c2ccccc2C(c2ccc(F)cc2)=Nc2cccnc21. The van der Waals surface area contributed by atoms with E-state index in [4.69, 9.17) is 4.99 Å². The van der Waals surface area contributed by atoms with Gasteiger partial charge in [-0.3, -0.25) is 0 Å². The number of benzene rings is 2. The van der Waals surface area contributed by atoms with E-state index in [9.17, 15) is 4.39 Å². The van der Waals surface area contributed by atoms with Crippen molar-refractivity contribution in [1.82, 2.24) is 9.88 Å². The number of para-hydroxylation sites is 1. The Bertz CT molecular complexity index is 995. The lowest BCUT2D eigenvalue weighted by Gasteiger charge is -2.26. The first kappa shape index (κ1) is 18.3. The number of fused-ring (bicyclic) bond motifs is 2. The number of aromatic nitrogens is 1. The molecule has 0 bridgehead atoms. The monoisotopic (exact) mass is 374 g/mol. The van der Waals surface area contributed by atoms with Gasteiger partial charge in [0, 0.05) is 23.9 Å². The third kappa shape index (κ3) is 3.66. The van der Waals surface area contributed by atoms with E-state index in [0.29, 0.717) is 0 Å². The lowest BCUT2D eigenvalue weighted by atomic mass is 10.00. The highest BCUT2D eigenvalue weighted by Crippen LogP contribution is 2.39. The average Bonchev–Trinajstić information content (AvgIpc) is 2.84. The first-order chi connectivity index (χ1) is 13.6. The fourth-order valence-electron chi connectivity index (χ4n) is 3.49. The molecule has 0 fully saturated rings. The minimum Gasteiger partial charge on any atom is -0.324 e. The van der Waals surface area contributed by atoms with Crippen LogP contribution in [0.3, 0.4) is 0 Å². The van der Waals surface area contributed by atoms with Crippen LogP contribution < -0.4 is 4.90 Å². The summed E-state index contributed by atoms with van der Waals surface area (Å²) in [6.45, 7) is 1.83. The van der Waals surface area contributed by atoms with Crippen LogP contribution >= 0.6 is 0 Å². The number of nitrogens with zero attached hydrogens (tertiary/aromatic N) is 4. The number of halogens is 1. The van der Waals surface area contributed by atoms with Crippen LogP contribution in [0.5, 0.6) is 0 Å². The van der Waals surface area contributed by atoms with E-state index in [0.717, 1.165) is 53.5 Å². The number of pyridine rings is 1. The van der Waals surface area contributed by atoms with Gasteiger partial charge in [0.1, 0.15) is 11.5 Å². The number of hydrogen-bond acceptors (Lipinski definition) is 4. The van der Waals surface area contributed by atoms with Crippen molar-refractivity contribution < 1.29 is 4.39 Å². The molecule has 0 amide bonds. The molecule has 2 aromatic carbocycles. The summed E-state index contributed by atoms with van der Waals surface area (Å²) in [7, 11) is 4.16. The zero-order valence-corrected chi connectivity index (χ0v) is 16.1. The summed E-state index contributed by atoms with van der Waals surface area (Å²) in [5, 5.41) is 0. The molecular weight excluding hydrogens is 351 g/mol. The van der Waals surface area contributed by atoms with Gasteiger partial charge in [-0.1, -0.05) is 18.2 Å². The van der Waals surface area contributed by atoms with Crippen molar-refractivity contribution in [2.45, 2.75) is 6.42 Å². The number of anilines is 2. The van der Waals surface area contributed by atoms with Gasteiger partial charge in [-0.05, 0) is 69.5 Å². The first-order valence-electron chi connectivity index (χ1n) is 9.45. The Morgan fingerprint density at radius 2 is 1.75 bits per heavy atom. The smallest absolute Gasteiger partial charge is 0.159 e. The second-order valence-corrected chi connectivity index (χ2v) is 7.14. The molecule has 5 heteroatoms. The van der Waals surface area contributed by atoms with E-state index >= 15 is 0 Å². The molecule has 4 rings (SSSR count). The molecule has 0 radical (unpaired) electrons. The predicted molar refractivity (Wildman–Crippen MR) is 113 cm³/mol. The molecule has 1 aromatic heterocycles. The Morgan fingerprint density at radius 3 is 2.54 bits per heavy atom. The van der Waals surface area contributed by atoms with Crippen LogP contribution in [0.25, 0.3) is 0 Å². The van der Waals surface area contributed by atoms with E-state index in [2.05, 4.69) is 41.0 Å². The Kier molecular flexibility index (Phi) is 5.17. The summed E-state index contributed by atoms with van der Waals surface area (Å²) in [5.74, 6) is 0.601. The maximum absolute atomic E-state index is 13.5. The van der Waals surface area contributed by atoms with Crippen LogP contribution in [-0.2, 0) is 0 Å². The normalized spacial score (nSPS) is 13.0. The van der Waals surface area contributed by atoms with Gasteiger partial charge in [0.15, 0.2) is 5.82 Å². The highest BCUT2D eigenvalue weighted by Gasteiger charge is 2.24. The zero-order valence-electron chi connectivity index (χ0n) is 16.1. The molecule has 0 spiro atoms. The molecule has 1 aliphatic heterocycles. The third-order valence-corrected chi connectivity index (χ3v) is 4.81. The number of aliphatic imine (C=N–C) groups is 1. The Hall–Kier alpha value is -3.05. The van der Waals surface area contributed by atoms with Crippen LogP contribution in [-0.4, -0.2) is 42.8 Å². The maximum Gasteiger partial charge on any atom is 0.159 e. The predicted octanol–water partition coefficient (Wildman–Crippen LogP) is 4.79. The van der Waals surface area contributed by atoms with E-state index in [-0.39, 0.29) is 5.82 Å². The zero-order chi connectivity index (χ0) is 19.5. The van der Waals surface area contributed by atoms with Crippen LogP contribution in [0, 0.1) is 5.82 Å². The van der Waals surface area contributed by atoms with Crippen molar-refractivity contribution in [3.05, 3.63) is 83.8 Å². The van der Waals surface area contributed by atoms with Crippen molar-refractivity contribution in [2.24, 2.45) is 4.99 Å². The molecule has 0 saturated carbocycles. The summed E-state index contributed by atoms with van der Waals surface area (Å²) in [6, 6.07) is 18.6. The molecule has 28 heavy (non-hydrogen) atoms. The average molecular weight is 374 g/mol. The van der Waals surface area contributed by atoms with Gasteiger partial charge in [0.05, 0.1) is 11.4 Å². The minimum atomic E-state index is -0.251. The summed E-state index contributed by atoms with van der Waals surface area (Å²) in [6.07, 6.45) is 2.81. The van der Waals surface area contributed by atoms with Gasteiger partial charge in [-0.15, -0.1) is 0 Å². The van der Waals surface area contributed by atoms with Gasteiger partial charge in [-0.2, -0.15) is 0 Å². The van der Waals surface area contributed by atoms with Crippen molar-refractivity contribution >= 4 is 22.9 Å². The van der Waals surface area contributed by atoms with Gasteiger partial charge >= 0.3 is 0 Å². The van der Waals surface area contributed by atoms with E-state index in [1.54, 1.807) is 18.3 Å². The molecular formula is C23H23FN4. The molecule has 2 heterocycles. The van der Waals surface area contributed by atoms with Crippen LogP contribution in [0.4, 0.5) is 21.6 Å². The second kappa shape index (κ2) is 7.90. The molecule has 0 saturated heterocycles. The first-order valence-corrected chi connectivity index (χ1v) is 9.45. The fraction of sp³-hybridized carbons (Fsp3) is 0.217. The molecule has 3 aromatic rings. The molecule has 0 atom stereocenters. The second-order valence-electron chi connectivity index (χ2n) is 7.14. The van der Waals surface area contributed by atoms with Gasteiger partial charge in [-0.25, -0.2) is 14.4 Å². The summed E-state index contributed by atoms with van der Waals surface area (Å²) in [4.78, 5) is 14.0. The van der Waals surface area contributed by atoms with Crippen molar-refractivity contribution in [1.29, 1.82) is 0 Å². The largest absolute Gasteiger partial charge is 0.324 e. The summed E-state index contributed by atoms with van der Waals surface area (Å²) < 4.78 is 13.5. The topological polar surface area (TPSA) is 31.7 Å². The lowest BCUT2D eigenvalue weighted by molar-refractivity contribution is 0.402.